The van der Waals surface area contributed by atoms with Gasteiger partial charge in [-0.25, -0.2) is 0 Å². The van der Waals surface area contributed by atoms with Crippen LogP contribution in [0.1, 0.15) is 32.9 Å². The van der Waals surface area contributed by atoms with E-state index in [2.05, 4.69) is 5.32 Å². The number of carbonyl (C=O) groups excluding carboxylic acids is 3. The van der Waals surface area contributed by atoms with Crippen molar-refractivity contribution in [3.8, 4) is 0 Å². The van der Waals surface area contributed by atoms with Gasteiger partial charge < -0.3 is 15.1 Å². The van der Waals surface area contributed by atoms with Gasteiger partial charge in [-0.05, 0) is 54.5 Å². The van der Waals surface area contributed by atoms with E-state index in [1.54, 1.807) is 22.4 Å². The Bertz CT molecular complexity index is 823. The summed E-state index contributed by atoms with van der Waals surface area (Å²) in [5.41, 5.74) is 1.69. The predicted molar refractivity (Wildman–Crippen MR) is 111 cm³/mol. The summed E-state index contributed by atoms with van der Waals surface area (Å²) in [5.74, 6) is -0.628. The molecule has 0 radical (unpaired) electrons. The summed E-state index contributed by atoms with van der Waals surface area (Å²) < 4.78 is 0. The number of thiophene rings is 1. The molecule has 1 aliphatic heterocycles. The zero-order chi connectivity index (χ0) is 20.1. The monoisotopic (exact) mass is 399 g/mol. The van der Waals surface area contributed by atoms with E-state index in [4.69, 9.17) is 0 Å². The summed E-state index contributed by atoms with van der Waals surface area (Å²) in [5, 5.41) is 4.78. The van der Waals surface area contributed by atoms with Crippen molar-refractivity contribution in [1.82, 2.24) is 10.2 Å². The van der Waals surface area contributed by atoms with Crippen molar-refractivity contribution in [2.45, 2.75) is 12.8 Å². The highest BCUT2D eigenvalue weighted by Gasteiger charge is 2.28. The first-order valence-electron chi connectivity index (χ1n) is 9.38. The first kappa shape index (κ1) is 20.1. The lowest BCUT2D eigenvalue weighted by Crippen LogP contribution is -2.44. The number of benzene rings is 1. The molecule has 2 amide bonds. The standard InChI is InChI=1S/C21H25N3O3S/c1-23(2)17-7-5-16(6-8-17)20(26)22-14-15-9-11-24(12-10-15)21(27)19(25)18-4-3-13-28-18/h3-8,13,15H,9-12,14H2,1-2H3,(H,22,26). The lowest BCUT2D eigenvalue weighted by Gasteiger charge is -2.31. The highest BCUT2D eigenvalue weighted by Crippen LogP contribution is 2.19. The van der Waals surface area contributed by atoms with Crippen molar-refractivity contribution in [1.29, 1.82) is 0 Å². The Kier molecular flexibility index (Phi) is 6.46. The molecule has 1 N–H and O–H groups in total. The van der Waals surface area contributed by atoms with Crippen LogP contribution in [-0.4, -0.2) is 56.2 Å². The van der Waals surface area contributed by atoms with Gasteiger partial charge in [0.05, 0.1) is 4.88 Å². The van der Waals surface area contributed by atoms with Gasteiger partial charge in [0.25, 0.3) is 17.6 Å². The Morgan fingerprint density at radius 2 is 1.79 bits per heavy atom. The van der Waals surface area contributed by atoms with Crippen molar-refractivity contribution in [2.24, 2.45) is 5.92 Å². The maximum absolute atomic E-state index is 12.3. The summed E-state index contributed by atoms with van der Waals surface area (Å²) in [7, 11) is 3.92. The summed E-state index contributed by atoms with van der Waals surface area (Å²) in [6, 6.07) is 10.9. The number of rotatable bonds is 6. The zero-order valence-electron chi connectivity index (χ0n) is 16.2. The molecule has 2 heterocycles. The topological polar surface area (TPSA) is 69.7 Å². The Balaban J connectivity index is 1.44. The van der Waals surface area contributed by atoms with Crippen LogP contribution in [0.2, 0.25) is 0 Å². The molecule has 148 valence electrons. The van der Waals surface area contributed by atoms with E-state index in [0.717, 1.165) is 18.5 Å². The van der Waals surface area contributed by atoms with Crippen molar-refractivity contribution in [3.05, 3.63) is 52.2 Å². The molecule has 0 bridgehead atoms. The largest absolute Gasteiger partial charge is 0.378 e. The number of ketones is 1. The lowest BCUT2D eigenvalue weighted by atomic mass is 9.96. The van der Waals surface area contributed by atoms with Gasteiger partial charge in [-0.1, -0.05) is 6.07 Å². The minimum Gasteiger partial charge on any atom is -0.378 e. The van der Waals surface area contributed by atoms with Crippen molar-refractivity contribution in [3.63, 3.8) is 0 Å². The quantitative estimate of drug-likeness (QED) is 0.599. The van der Waals surface area contributed by atoms with E-state index < -0.39 is 11.7 Å². The van der Waals surface area contributed by atoms with Crippen LogP contribution in [0.3, 0.4) is 0 Å². The molecule has 1 fully saturated rings. The molecule has 2 aromatic rings. The molecule has 28 heavy (non-hydrogen) atoms. The second-order valence-electron chi connectivity index (χ2n) is 7.19. The van der Waals surface area contributed by atoms with Crippen LogP contribution < -0.4 is 10.2 Å². The smallest absolute Gasteiger partial charge is 0.295 e. The van der Waals surface area contributed by atoms with E-state index in [-0.39, 0.29) is 5.91 Å². The molecule has 1 saturated heterocycles. The van der Waals surface area contributed by atoms with E-state index in [0.29, 0.717) is 36.0 Å². The van der Waals surface area contributed by atoms with Gasteiger partial charge in [-0.3, -0.25) is 14.4 Å². The highest BCUT2D eigenvalue weighted by atomic mass is 32.1. The van der Waals surface area contributed by atoms with E-state index in [9.17, 15) is 14.4 Å². The summed E-state index contributed by atoms with van der Waals surface area (Å²) in [6.45, 7) is 1.68. The van der Waals surface area contributed by atoms with Crippen LogP contribution in [0, 0.1) is 5.92 Å². The van der Waals surface area contributed by atoms with Gasteiger partial charge >= 0.3 is 0 Å². The molecular formula is C21H25N3O3S. The van der Waals surface area contributed by atoms with Crippen LogP contribution >= 0.6 is 11.3 Å². The van der Waals surface area contributed by atoms with Gasteiger partial charge in [0.2, 0.25) is 0 Å². The minimum atomic E-state index is -0.428. The van der Waals surface area contributed by atoms with E-state index in [1.807, 2.05) is 43.3 Å². The number of Topliss-reactive ketones (excluding diaryl/α,β-unsaturated/α-hetero) is 1. The number of amides is 2. The third-order valence-electron chi connectivity index (χ3n) is 5.04. The number of piperidine rings is 1. The molecule has 0 atom stereocenters. The molecule has 3 rings (SSSR count). The SMILES string of the molecule is CN(C)c1ccc(C(=O)NCC2CCN(C(=O)C(=O)c3cccs3)CC2)cc1. The van der Waals surface area contributed by atoms with Crippen LogP contribution in [0.25, 0.3) is 0 Å². The first-order chi connectivity index (χ1) is 13.5. The average Bonchev–Trinajstić information content (AvgIpc) is 3.26. The van der Waals surface area contributed by atoms with Crippen LogP contribution in [0.15, 0.2) is 41.8 Å². The second kappa shape index (κ2) is 9.01. The van der Waals surface area contributed by atoms with Gasteiger partial charge in [0.15, 0.2) is 0 Å². The van der Waals surface area contributed by atoms with Crippen molar-refractivity contribution in [2.75, 3.05) is 38.6 Å². The maximum Gasteiger partial charge on any atom is 0.295 e. The molecule has 7 heteroatoms. The number of likely N-dealkylation sites (tertiary alicyclic amines) is 1. The number of carbonyl (C=O) groups is 3. The normalized spacial score (nSPS) is 14.6. The number of nitrogens with one attached hydrogen (secondary N) is 1. The lowest BCUT2D eigenvalue weighted by molar-refractivity contribution is -0.127. The molecule has 1 aromatic heterocycles. The highest BCUT2D eigenvalue weighted by molar-refractivity contribution is 7.13. The molecule has 0 saturated carbocycles. The zero-order valence-corrected chi connectivity index (χ0v) is 17.0. The molecule has 1 aliphatic rings. The minimum absolute atomic E-state index is 0.0864. The number of anilines is 1. The Hall–Kier alpha value is -2.67. The fraction of sp³-hybridized carbons (Fsp3) is 0.381. The average molecular weight is 400 g/mol. The molecule has 6 nitrogen and oxygen atoms in total. The third kappa shape index (κ3) is 4.78. The van der Waals surface area contributed by atoms with Crippen molar-refractivity contribution < 1.29 is 14.4 Å². The molecular weight excluding hydrogens is 374 g/mol. The number of hydrogen-bond acceptors (Lipinski definition) is 5. The Labute approximate surface area is 169 Å². The summed E-state index contributed by atoms with van der Waals surface area (Å²) in [4.78, 5) is 40.9. The Morgan fingerprint density at radius 3 is 2.36 bits per heavy atom. The number of nitrogens with zero attached hydrogens (tertiary/aromatic N) is 2. The maximum atomic E-state index is 12.3. The molecule has 0 aliphatic carbocycles. The van der Waals surface area contributed by atoms with Gasteiger partial charge in [-0.15, -0.1) is 11.3 Å². The molecule has 1 aromatic carbocycles. The predicted octanol–water partition coefficient (Wildman–Crippen LogP) is 2.67. The van der Waals surface area contributed by atoms with E-state index >= 15 is 0 Å². The second-order valence-corrected chi connectivity index (χ2v) is 8.14. The van der Waals surface area contributed by atoms with E-state index in [1.165, 1.54) is 11.3 Å². The van der Waals surface area contributed by atoms with Gasteiger partial charge in [0, 0.05) is 45.0 Å². The van der Waals surface area contributed by atoms with Gasteiger partial charge in [0.1, 0.15) is 0 Å². The molecule has 0 spiro atoms. The summed E-state index contributed by atoms with van der Waals surface area (Å²) >= 11 is 1.29. The van der Waals surface area contributed by atoms with Crippen LogP contribution in [0.4, 0.5) is 5.69 Å². The Morgan fingerprint density at radius 1 is 1.11 bits per heavy atom. The van der Waals surface area contributed by atoms with Crippen LogP contribution in [-0.2, 0) is 4.79 Å². The number of hydrogen-bond donors (Lipinski definition) is 1. The van der Waals surface area contributed by atoms with Crippen LogP contribution in [0.5, 0.6) is 0 Å². The first-order valence-corrected chi connectivity index (χ1v) is 10.3. The third-order valence-corrected chi connectivity index (χ3v) is 5.91. The molecule has 0 unspecified atom stereocenters. The fourth-order valence-corrected chi connectivity index (χ4v) is 3.90. The fourth-order valence-electron chi connectivity index (χ4n) is 3.25. The van der Waals surface area contributed by atoms with Gasteiger partial charge in [-0.2, -0.15) is 0 Å². The summed E-state index contributed by atoms with van der Waals surface area (Å²) in [6.07, 6.45) is 1.56. The van der Waals surface area contributed by atoms with Crippen molar-refractivity contribution >= 4 is 34.6 Å².